The standard InChI is InChI=1S/C27H33NO5/c1-5-32-20-14-13-17(16-19(20)27(2,3)4)24(29)22-23(21-12-9-15-33-21)28(26(31)25(22)30)18-10-7-6-8-11-18/h9,12-16,18,23,29H,5-8,10-11H2,1-4H3/b24-22-. The molecule has 2 aromatic rings. The first-order chi connectivity index (χ1) is 15.7. The van der Waals surface area contributed by atoms with Gasteiger partial charge in [0.25, 0.3) is 11.7 Å². The van der Waals surface area contributed by atoms with E-state index in [0.29, 0.717) is 17.9 Å². The van der Waals surface area contributed by atoms with Crippen molar-refractivity contribution in [3.05, 3.63) is 59.1 Å². The predicted molar refractivity (Wildman–Crippen MR) is 126 cm³/mol. The van der Waals surface area contributed by atoms with Crippen LogP contribution in [0.5, 0.6) is 5.75 Å². The smallest absolute Gasteiger partial charge is 0.296 e. The lowest BCUT2D eigenvalue weighted by Crippen LogP contribution is -2.40. The zero-order chi connectivity index (χ0) is 23.8. The Labute approximate surface area is 195 Å². The maximum atomic E-state index is 13.3. The third-order valence-electron chi connectivity index (χ3n) is 6.62. The summed E-state index contributed by atoms with van der Waals surface area (Å²) in [5.41, 5.74) is 1.26. The van der Waals surface area contributed by atoms with Crippen molar-refractivity contribution >= 4 is 17.4 Å². The van der Waals surface area contributed by atoms with Crippen LogP contribution in [0.3, 0.4) is 0 Å². The van der Waals surface area contributed by atoms with Gasteiger partial charge in [0.05, 0.1) is 18.4 Å². The Hall–Kier alpha value is -3.02. The van der Waals surface area contributed by atoms with Gasteiger partial charge >= 0.3 is 0 Å². The minimum Gasteiger partial charge on any atom is -0.507 e. The summed E-state index contributed by atoms with van der Waals surface area (Å²) in [6.45, 7) is 8.66. The van der Waals surface area contributed by atoms with E-state index in [1.54, 1.807) is 23.1 Å². The van der Waals surface area contributed by atoms with Gasteiger partial charge in [-0.3, -0.25) is 9.59 Å². The van der Waals surface area contributed by atoms with Crippen molar-refractivity contribution in [1.29, 1.82) is 0 Å². The Kier molecular flexibility index (Phi) is 6.37. The molecular weight excluding hydrogens is 418 g/mol. The molecule has 1 unspecified atom stereocenters. The number of nitrogens with zero attached hydrogens (tertiary/aromatic N) is 1. The van der Waals surface area contributed by atoms with E-state index >= 15 is 0 Å². The Balaban J connectivity index is 1.85. The molecule has 1 aromatic heterocycles. The third-order valence-corrected chi connectivity index (χ3v) is 6.62. The number of benzene rings is 1. The Morgan fingerprint density at radius 3 is 2.48 bits per heavy atom. The molecule has 2 heterocycles. The molecule has 1 aliphatic carbocycles. The number of amides is 1. The van der Waals surface area contributed by atoms with Crippen LogP contribution in [0.4, 0.5) is 0 Å². The van der Waals surface area contributed by atoms with Crippen molar-refractivity contribution in [3.8, 4) is 5.75 Å². The lowest BCUT2D eigenvalue weighted by atomic mass is 9.84. The summed E-state index contributed by atoms with van der Waals surface area (Å²) in [5, 5.41) is 11.4. The van der Waals surface area contributed by atoms with Crippen LogP contribution in [-0.4, -0.2) is 34.3 Å². The van der Waals surface area contributed by atoms with E-state index in [0.717, 1.165) is 43.4 Å². The second-order valence-corrected chi connectivity index (χ2v) is 9.91. The highest BCUT2D eigenvalue weighted by Gasteiger charge is 2.50. The van der Waals surface area contributed by atoms with Gasteiger partial charge in [-0.15, -0.1) is 0 Å². The summed E-state index contributed by atoms with van der Waals surface area (Å²) >= 11 is 0. The first-order valence-electron chi connectivity index (χ1n) is 11.8. The zero-order valence-electron chi connectivity index (χ0n) is 19.9. The summed E-state index contributed by atoms with van der Waals surface area (Å²) in [7, 11) is 0. The average Bonchev–Trinajstić information content (AvgIpc) is 3.41. The fourth-order valence-electron chi connectivity index (χ4n) is 5.01. The van der Waals surface area contributed by atoms with Gasteiger partial charge in [0.1, 0.15) is 23.3 Å². The molecule has 1 N–H and O–H groups in total. The number of hydrogen-bond donors (Lipinski definition) is 1. The second kappa shape index (κ2) is 9.08. The molecule has 2 fully saturated rings. The summed E-state index contributed by atoms with van der Waals surface area (Å²) in [4.78, 5) is 28.1. The molecule has 1 saturated carbocycles. The van der Waals surface area contributed by atoms with Crippen LogP contribution < -0.4 is 4.74 Å². The van der Waals surface area contributed by atoms with E-state index in [-0.39, 0.29) is 22.8 Å². The van der Waals surface area contributed by atoms with Crippen LogP contribution in [-0.2, 0) is 15.0 Å². The van der Waals surface area contributed by atoms with Gasteiger partial charge in [-0.25, -0.2) is 0 Å². The maximum Gasteiger partial charge on any atom is 0.296 e. The first-order valence-corrected chi connectivity index (χ1v) is 11.8. The predicted octanol–water partition coefficient (Wildman–Crippen LogP) is 5.73. The summed E-state index contributed by atoms with van der Waals surface area (Å²) < 4.78 is 11.5. The third kappa shape index (κ3) is 4.31. The highest BCUT2D eigenvalue weighted by atomic mass is 16.5. The summed E-state index contributed by atoms with van der Waals surface area (Å²) in [6.07, 6.45) is 6.40. The largest absolute Gasteiger partial charge is 0.507 e. The first kappa shape index (κ1) is 23.1. The molecule has 176 valence electrons. The lowest BCUT2D eigenvalue weighted by molar-refractivity contribution is -0.142. The van der Waals surface area contributed by atoms with E-state index < -0.39 is 17.7 Å². The van der Waals surface area contributed by atoms with Crippen molar-refractivity contribution < 1.29 is 23.8 Å². The number of hydrogen-bond acceptors (Lipinski definition) is 5. The van der Waals surface area contributed by atoms with Gasteiger partial charge in [0, 0.05) is 17.2 Å². The molecule has 1 amide bonds. The molecule has 1 atom stereocenters. The molecular formula is C27H33NO5. The molecule has 33 heavy (non-hydrogen) atoms. The van der Waals surface area contributed by atoms with Crippen LogP contribution in [0, 0.1) is 0 Å². The summed E-state index contributed by atoms with van der Waals surface area (Å²) in [6, 6.07) is 8.14. The Morgan fingerprint density at radius 1 is 1.15 bits per heavy atom. The maximum absolute atomic E-state index is 13.3. The molecule has 0 bridgehead atoms. The lowest BCUT2D eigenvalue weighted by Gasteiger charge is -2.34. The number of ketones is 1. The van der Waals surface area contributed by atoms with Crippen LogP contribution >= 0.6 is 0 Å². The number of aliphatic hydroxyl groups is 1. The quantitative estimate of drug-likeness (QED) is 0.357. The number of ether oxygens (including phenoxy) is 1. The van der Waals surface area contributed by atoms with E-state index in [4.69, 9.17) is 9.15 Å². The Bertz CT molecular complexity index is 1050. The molecule has 2 aliphatic rings. The molecule has 0 spiro atoms. The number of furan rings is 1. The monoisotopic (exact) mass is 451 g/mol. The molecule has 0 radical (unpaired) electrons. The Morgan fingerprint density at radius 2 is 1.88 bits per heavy atom. The van der Waals surface area contributed by atoms with Crippen LogP contribution in [0.1, 0.15) is 82.7 Å². The van der Waals surface area contributed by atoms with Crippen molar-refractivity contribution in [2.45, 2.75) is 77.3 Å². The molecule has 4 rings (SSSR count). The fourth-order valence-corrected chi connectivity index (χ4v) is 5.01. The number of carbonyl (C=O) groups excluding carboxylic acids is 2. The van der Waals surface area contributed by atoms with Crippen molar-refractivity contribution in [2.24, 2.45) is 0 Å². The molecule has 6 nitrogen and oxygen atoms in total. The van der Waals surface area contributed by atoms with Gasteiger partial charge < -0.3 is 19.2 Å². The van der Waals surface area contributed by atoms with Gasteiger partial charge in [0.2, 0.25) is 0 Å². The van der Waals surface area contributed by atoms with Crippen LogP contribution in [0.25, 0.3) is 5.76 Å². The van der Waals surface area contributed by atoms with Gasteiger partial charge in [-0.1, -0.05) is 40.0 Å². The minimum atomic E-state index is -0.729. The molecule has 6 heteroatoms. The highest BCUT2D eigenvalue weighted by Crippen LogP contribution is 2.44. The van der Waals surface area contributed by atoms with Crippen LogP contribution in [0.2, 0.25) is 0 Å². The van der Waals surface area contributed by atoms with Gasteiger partial charge in [0.15, 0.2) is 0 Å². The number of carbonyl (C=O) groups is 2. The molecule has 1 aromatic carbocycles. The zero-order valence-corrected chi connectivity index (χ0v) is 19.9. The molecule has 1 aliphatic heterocycles. The summed E-state index contributed by atoms with van der Waals surface area (Å²) in [5.74, 6) is -0.172. The topological polar surface area (TPSA) is 80.0 Å². The normalized spacial score (nSPS) is 21.6. The van der Waals surface area contributed by atoms with Crippen molar-refractivity contribution in [2.75, 3.05) is 6.61 Å². The van der Waals surface area contributed by atoms with Crippen molar-refractivity contribution in [1.82, 2.24) is 4.90 Å². The van der Waals surface area contributed by atoms with E-state index in [1.807, 2.05) is 19.1 Å². The average molecular weight is 452 g/mol. The number of aliphatic hydroxyl groups excluding tert-OH is 1. The van der Waals surface area contributed by atoms with E-state index in [2.05, 4.69) is 20.8 Å². The van der Waals surface area contributed by atoms with Crippen LogP contribution in [0.15, 0.2) is 46.6 Å². The molecule has 1 saturated heterocycles. The number of Topliss-reactive ketones (excluding diaryl/α,β-unsaturated/α-hetero) is 1. The number of rotatable bonds is 5. The second-order valence-electron chi connectivity index (χ2n) is 9.91. The minimum absolute atomic E-state index is 0.0407. The fraction of sp³-hybridized carbons (Fsp3) is 0.481. The SMILES string of the molecule is CCOc1ccc(/C(O)=C2/C(=O)C(=O)N(C3CCCCC3)C2c2ccco2)cc1C(C)(C)C. The van der Waals surface area contributed by atoms with Gasteiger partial charge in [-0.2, -0.15) is 0 Å². The van der Waals surface area contributed by atoms with Crippen molar-refractivity contribution in [3.63, 3.8) is 0 Å². The van der Waals surface area contributed by atoms with E-state index in [9.17, 15) is 14.7 Å². The van der Waals surface area contributed by atoms with E-state index in [1.165, 1.54) is 6.26 Å². The van der Waals surface area contributed by atoms with Gasteiger partial charge in [-0.05, 0) is 55.5 Å². The highest BCUT2D eigenvalue weighted by molar-refractivity contribution is 6.46. The number of likely N-dealkylation sites (tertiary alicyclic amines) is 1.